The van der Waals surface area contributed by atoms with Gasteiger partial charge in [-0.25, -0.2) is 38.0 Å². The molecule has 9 rings (SSSR count). The number of phosphoric ester groups is 1. The molecule has 2 aromatic heterocycles. The van der Waals surface area contributed by atoms with Crippen LogP contribution < -0.4 is 41.2 Å². The Bertz CT molecular complexity index is 3690. The van der Waals surface area contributed by atoms with Crippen LogP contribution in [0.5, 0.6) is 11.5 Å². The Morgan fingerprint density at radius 3 is 2.32 bits per heavy atom. The average Bonchev–Trinajstić information content (AvgIpc) is 1.04. The molecular formula is C54H72N10O17P3+. The van der Waals surface area contributed by atoms with Crippen LogP contribution in [-0.2, 0) is 41.1 Å². The van der Waals surface area contributed by atoms with E-state index in [-0.39, 0.29) is 84.2 Å². The summed E-state index contributed by atoms with van der Waals surface area (Å²) < 4.78 is 69.9. The third-order valence-electron chi connectivity index (χ3n) is 15.8. The van der Waals surface area contributed by atoms with Crippen molar-refractivity contribution in [2.45, 2.75) is 129 Å². The zero-order valence-electron chi connectivity index (χ0n) is 48.0. The number of alkyl carbamates (subject to hydrolysis) is 1. The van der Waals surface area contributed by atoms with Crippen LogP contribution in [0.15, 0.2) is 61.2 Å². The van der Waals surface area contributed by atoms with Gasteiger partial charge in [0.2, 0.25) is 11.3 Å². The highest BCUT2D eigenvalue weighted by atomic mass is 31.3. The predicted molar refractivity (Wildman–Crippen MR) is 306 cm³/mol. The molecule has 8 atom stereocenters. The zero-order chi connectivity index (χ0) is 61.0. The topological polar surface area (TPSA) is 362 Å². The summed E-state index contributed by atoms with van der Waals surface area (Å²) in [4.78, 5) is 94.7. The Hall–Kier alpha value is -6.18. The van der Waals surface area contributed by atoms with E-state index in [4.69, 9.17) is 34.3 Å². The fourth-order valence-corrected chi connectivity index (χ4v) is 15.4. The normalized spacial score (nSPS) is 22.8. The van der Waals surface area contributed by atoms with Gasteiger partial charge in [0, 0.05) is 90.8 Å². The molecule has 0 bridgehead atoms. The first kappa shape index (κ1) is 62.4. The molecule has 4 unspecified atom stereocenters. The molecule has 0 radical (unpaired) electrons. The molecule has 454 valence electrons. The average molecular weight is 1230 g/mol. The molecule has 9 N–H and O–H groups in total. The van der Waals surface area contributed by atoms with Crippen LogP contribution in [0.1, 0.15) is 132 Å². The fourth-order valence-electron chi connectivity index (χ4n) is 12.4. The summed E-state index contributed by atoms with van der Waals surface area (Å²) in [5.74, 6) is 1.31. The molecule has 1 saturated heterocycles. The van der Waals surface area contributed by atoms with E-state index in [0.717, 1.165) is 76.7 Å². The Morgan fingerprint density at radius 1 is 0.893 bits per heavy atom. The lowest BCUT2D eigenvalue weighted by molar-refractivity contribution is -0.121. The molecule has 27 nitrogen and oxygen atoms in total. The van der Waals surface area contributed by atoms with Crippen molar-refractivity contribution in [3.8, 4) is 11.5 Å². The van der Waals surface area contributed by atoms with Crippen LogP contribution in [0.4, 0.5) is 16.3 Å². The number of aliphatic hydroxyl groups excluding tert-OH is 1. The quantitative estimate of drug-likeness (QED) is 0.0282. The summed E-state index contributed by atoms with van der Waals surface area (Å²) in [7, 11) is -15.6. The van der Waals surface area contributed by atoms with Gasteiger partial charge in [0.05, 0.1) is 19.0 Å². The van der Waals surface area contributed by atoms with Crippen molar-refractivity contribution in [1.29, 1.82) is 0 Å². The maximum atomic E-state index is 14.7. The number of ether oxygens (including phenoxy) is 3. The van der Waals surface area contributed by atoms with Crippen molar-refractivity contribution in [1.82, 2.24) is 39.6 Å². The van der Waals surface area contributed by atoms with Crippen LogP contribution >= 0.6 is 23.5 Å². The smallest absolute Gasteiger partial charge is 0.456 e. The molecule has 4 aliphatic rings. The van der Waals surface area contributed by atoms with E-state index in [1.165, 1.54) is 22.0 Å². The fraction of sp³-hybridized carbons (Fsp3) is 0.500. The minimum Gasteiger partial charge on any atom is -0.456 e. The predicted octanol–water partition coefficient (Wildman–Crippen LogP) is 5.04. The Labute approximate surface area is 484 Å². The van der Waals surface area contributed by atoms with Crippen molar-refractivity contribution < 1.29 is 80.1 Å². The largest absolute Gasteiger partial charge is 0.490 e. The molecule has 6 heterocycles. The number of amides is 3. The van der Waals surface area contributed by atoms with Crippen molar-refractivity contribution >= 4 is 69.6 Å². The van der Waals surface area contributed by atoms with E-state index in [9.17, 15) is 43.0 Å². The van der Waals surface area contributed by atoms with Gasteiger partial charge in [-0.3, -0.25) is 18.7 Å². The lowest BCUT2D eigenvalue weighted by Crippen LogP contribution is -2.52. The molecule has 30 heteroatoms. The van der Waals surface area contributed by atoms with E-state index >= 15 is 0 Å². The van der Waals surface area contributed by atoms with Crippen molar-refractivity contribution in [3.05, 3.63) is 99.6 Å². The van der Waals surface area contributed by atoms with Gasteiger partial charge in [-0.05, 0) is 95.5 Å². The highest BCUT2D eigenvalue weighted by molar-refractivity contribution is 7.66. The molecule has 3 aromatic carbocycles. The van der Waals surface area contributed by atoms with Crippen molar-refractivity contribution in [2.24, 2.45) is 0 Å². The number of phosphoric acid groups is 3. The number of carbonyl (C=O) groups is 3. The number of nitrogens with one attached hydrogen (secondary N) is 2. The van der Waals surface area contributed by atoms with Crippen LogP contribution in [0, 0.1) is 0 Å². The van der Waals surface area contributed by atoms with Gasteiger partial charge in [0.1, 0.15) is 42.1 Å². The number of aliphatic hydroxyl groups is 1. The molecule has 0 spiro atoms. The molecule has 5 aromatic rings. The van der Waals surface area contributed by atoms with E-state index in [1.807, 2.05) is 24.3 Å². The Kier molecular flexibility index (Phi) is 17.8. The first-order chi connectivity index (χ1) is 39.4. The number of hydrogen-bond acceptors (Lipinski definition) is 18. The molecule has 3 amide bonds. The van der Waals surface area contributed by atoms with Crippen LogP contribution in [0.25, 0.3) is 16.7 Å². The summed E-state index contributed by atoms with van der Waals surface area (Å²) in [6.07, 6.45) is -3.27. The molecule has 0 aliphatic carbocycles. The first-order valence-corrected chi connectivity index (χ1v) is 32.0. The number of imidazole rings is 1. The second kappa shape index (κ2) is 23.9. The van der Waals surface area contributed by atoms with Gasteiger partial charge in [-0.2, -0.15) is 8.62 Å². The number of nitrogens with two attached hydrogens (primary N) is 1. The Morgan fingerprint density at radius 2 is 1.61 bits per heavy atom. The first-order valence-electron chi connectivity index (χ1n) is 27.5. The summed E-state index contributed by atoms with van der Waals surface area (Å²) >= 11 is 0. The monoisotopic (exact) mass is 1230 g/mol. The highest BCUT2D eigenvalue weighted by Gasteiger charge is 2.50. The minimum absolute atomic E-state index is 0.0205. The molecule has 0 saturated carbocycles. The standard InChI is InChI=1S/C54H71N10O17P3/c1-10-63-38-23-40-36(21-34(38)30(3)25-53(63,5)6)44(37-22-35-31(4)26-54(7,8)64(11-2)39(35)24-41(37)77-40)32-15-12-13-16-33(32)50(67)61(9)20-14-17-43(65)56-18-19-57-52(68)79-47-42(27-76-83(72,73)81-84(74,75)80-82(69,70)71)78-51(46(47)66)62-29-60-45-48(55)58-28-59-49(45)62/h12-13,15-16,21-24,28-31,42,46-47,51,66H,10-11,14,17-20,25-27H2,1-9H3,(H7-,55,56,57,58,59,65,68,69,70,71,72,73,74,75)/p+1/t30?,31?,42-,46-,47-,51-/m1/s1. The second-order valence-electron chi connectivity index (χ2n) is 22.7. The van der Waals surface area contributed by atoms with E-state index in [0.29, 0.717) is 5.56 Å². The van der Waals surface area contributed by atoms with Gasteiger partial charge < -0.3 is 65.1 Å². The maximum Gasteiger partial charge on any atom is 0.490 e. The Balaban J connectivity index is 0.860. The van der Waals surface area contributed by atoms with Gasteiger partial charge in [-0.15, -0.1) is 0 Å². The third kappa shape index (κ3) is 13.0. The maximum absolute atomic E-state index is 14.7. The number of carbonyl (C=O) groups excluding carboxylic acids is 3. The number of nitrogen functional groups attached to an aromatic ring is 1. The minimum atomic E-state index is -5.90. The molecule has 1 fully saturated rings. The van der Waals surface area contributed by atoms with E-state index in [1.54, 1.807) is 11.9 Å². The van der Waals surface area contributed by atoms with Crippen LogP contribution in [0.2, 0.25) is 0 Å². The SMILES string of the molecule is CCN1c2cc3c(cc2C(C)CC1(C)C)C(c1ccccc1C(=O)N(C)CCCC(=O)NCCNC(=O)O[C@H]1[C@@H](O)[C@H](n2cnc4c(N)ncnc42)O[C@@H]1COP(=O)(O)OP(=O)(O)OP(=O)(O)O)=c1cc2c(cc1O3)=[N+](CC)C(C)(C)CC2C. The van der Waals surface area contributed by atoms with Gasteiger partial charge in [0.25, 0.3) is 5.91 Å². The lowest BCUT2D eigenvalue weighted by Gasteiger charge is -2.47. The molecule has 84 heavy (non-hydrogen) atoms. The lowest BCUT2D eigenvalue weighted by atomic mass is 9.77. The van der Waals surface area contributed by atoms with E-state index < -0.39 is 60.7 Å². The van der Waals surface area contributed by atoms with Crippen molar-refractivity contribution in [2.75, 3.05) is 57.0 Å². The highest BCUT2D eigenvalue weighted by Crippen LogP contribution is 2.66. The molecular weight excluding hydrogens is 1150 g/mol. The third-order valence-corrected chi connectivity index (χ3v) is 19.6. The van der Waals surface area contributed by atoms with Crippen LogP contribution in [0.3, 0.4) is 0 Å². The number of rotatable bonds is 20. The van der Waals surface area contributed by atoms with Gasteiger partial charge >= 0.3 is 29.6 Å². The van der Waals surface area contributed by atoms with E-state index in [2.05, 4.69) is 123 Å². The number of anilines is 2. The zero-order valence-corrected chi connectivity index (χ0v) is 50.7. The van der Waals surface area contributed by atoms with Gasteiger partial charge in [-0.1, -0.05) is 32.0 Å². The van der Waals surface area contributed by atoms with Crippen LogP contribution in [-0.4, -0.2) is 143 Å². The van der Waals surface area contributed by atoms with Crippen molar-refractivity contribution in [3.63, 3.8) is 0 Å². The van der Waals surface area contributed by atoms with Gasteiger partial charge in [0.15, 0.2) is 29.3 Å². The number of nitrogens with zero attached hydrogens (tertiary/aromatic N) is 7. The summed E-state index contributed by atoms with van der Waals surface area (Å²) in [6.45, 7) is 18.5. The summed E-state index contributed by atoms with van der Waals surface area (Å²) in [5.41, 5.74) is 12.6. The second-order valence-corrected chi connectivity index (χ2v) is 27.1. The number of aromatic nitrogens is 4. The molecule has 4 aliphatic heterocycles. The number of hydrogen-bond donors (Lipinski definition) is 8. The summed E-state index contributed by atoms with van der Waals surface area (Å²) in [5, 5.41) is 18.6. The summed E-state index contributed by atoms with van der Waals surface area (Å²) in [6, 6.07) is 16.5. The number of benzene rings is 3. The number of fused-ring (bicyclic) bond motifs is 5.